The predicted octanol–water partition coefficient (Wildman–Crippen LogP) is 3.96. The smallest absolute Gasteiger partial charge is 0.238 e. The topological polar surface area (TPSA) is 58.6 Å². The zero-order chi connectivity index (χ0) is 17.6. The Morgan fingerprint density at radius 3 is 2.28 bits per heavy atom. The number of nitrogens with one attached hydrogen (secondary N) is 1. The van der Waals surface area contributed by atoms with Gasteiger partial charge in [-0.3, -0.25) is 9.69 Å². The van der Waals surface area contributed by atoms with Crippen LogP contribution in [-0.2, 0) is 17.9 Å². The van der Waals surface area contributed by atoms with Crippen molar-refractivity contribution in [1.29, 1.82) is 0 Å². The molecule has 2 aromatic heterocycles. The molecule has 1 amide bonds. The second-order valence-electron chi connectivity index (χ2n) is 5.81. The molecule has 0 aliphatic heterocycles. The van der Waals surface area contributed by atoms with Crippen molar-refractivity contribution >= 4 is 11.6 Å². The Hall–Kier alpha value is -2.86. The van der Waals surface area contributed by atoms with E-state index in [1.165, 1.54) is 12.1 Å². The van der Waals surface area contributed by atoms with E-state index in [4.69, 9.17) is 8.83 Å². The highest BCUT2D eigenvalue weighted by atomic mass is 19.1. The lowest BCUT2D eigenvalue weighted by atomic mass is 10.2. The van der Waals surface area contributed by atoms with Gasteiger partial charge in [-0.05, 0) is 48.9 Å². The second-order valence-corrected chi connectivity index (χ2v) is 5.81. The van der Waals surface area contributed by atoms with Gasteiger partial charge >= 0.3 is 0 Å². The summed E-state index contributed by atoms with van der Waals surface area (Å²) in [6.45, 7) is 2.86. The number of carbonyl (C=O) groups excluding carboxylic acids is 1. The molecule has 5 nitrogen and oxygen atoms in total. The second kappa shape index (κ2) is 7.81. The molecule has 0 aliphatic rings. The van der Waals surface area contributed by atoms with Crippen LogP contribution >= 0.6 is 0 Å². The average Bonchev–Trinajstić information content (AvgIpc) is 3.25. The Kier molecular flexibility index (Phi) is 5.30. The molecule has 1 aromatic carbocycles. The molecular weight excluding hydrogens is 323 g/mol. The maximum absolute atomic E-state index is 13.4. The first kappa shape index (κ1) is 17.0. The molecule has 0 aliphatic carbocycles. The summed E-state index contributed by atoms with van der Waals surface area (Å²) in [5.41, 5.74) is 1.28. The molecule has 0 spiro atoms. The van der Waals surface area contributed by atoms with Gasteiger partial charge < -0.3 is 14.2 Å². The fourth-order valence-corrected chi connectivity index (χ4v) is 2.54. The minimum Gasteiger partial charge on any atom is -0.468 e. The third-order valence-corrected chi connectivity index (χ3v) is 3.76. The minimum atomic E-state index is -0.385. The van der Waals surface area contributed by atoms with Crippen molar-refractivity contribution in [3.8, 4) is 0 Å². The average molecular weight is 342 g/mol. The third-order valence-electron chi connectivity index (χ3n) is 3.76. The van der Waals surface area contributed by atoms with Crippen LogP contribution in [0.3, 0.4) is 0 Å². The molecule has 0 saturated heterocycles. The Bertz CT molecular complexity index is 777. The first-order valence-electron chi connectivity index (χ1n) is 7.93. The number of furan rings is 2. The molecule has 0 bridgehead atoms. The van der Waals surface area contributed by atoms with Gasteiger partial charge in [-0.1, -0.05) is 6.07 Å². The van der Waals surface area contributed by atoms with Gasteiger partial charge in [0.05, 0.1) is 32.2 Å². The van der Waals surface area contributed by atoms with E-state index in [1.54, 1.807) is 30.7 Å². The van der Waals surface area contributed by atoms with E-state index in [0.717, 1.165) is 17.1 Å². The first-order chi connectivity index (χ1) is 12.1. The van der Waals surface area contributed by atoms with Crippen molar-refractivity contribution in [2.75, 3.05) is 11.9 Å². The molecule has 3 aromatic rings. The number of hydrogen-bond donors (Lipinski definition) is 1. The SMILES string of the molecule is Cc1ccc(F)cc1NC(=O)CN(Cc1ccco1)Cc1ccco1. The first-order valence-corrected chi connectivity index (χ1v) is 7.93. The van der Waals surface area contributed by atoms with Crippen LogP contribution in [0, 0.1) is 12.7 Å². The number of nitrogens with zero attached hydrogens (tertiary/aromatic N) is 1. The zero-order valence-electron chi connectivity index (χ0n) is 13.9. The van der Waals surface area contributed by atoms with Gasteiger partial charge in [-0.2, -0.15) is 0 Å². The summed E-state index contributed by atoms with van der Waals surface area (Å²) in [6.07, 6.45) is 3.19. The van der Waals surface area contributed by atoms with Crippen LogP contribution in [-0.4, -0.2) is 17.4 Å². The summed E-state index contributed by atoms with van der Waals surface area (Å²) >= 11 is 0. The van der Waals surface area contributed by atoms with E-state index in [2.05, 4.69) is 5.32 Å². The van der Waals surface area contributed by atoms with Gasteiger partial charge in [0.25, 0.3) is 0 Å². The summed E-state index contributed by atoms with van der Waals surface area (Å²) in [6, 6.07) is 11.6. The lowest BCUT2D eigenvalue weighted by Crippen LogP contribution is -2.32. The van der Waals surface area contributed by atoms with Gasteiger partial charge in [0.1, 0.15) is 17.3 Å². The van der Waals surface area contributed by atoms with E-state index in [-0.39, 0.29) is 18.3 Å². The molecule has 0 atom stereocenters. The van der Waals surface area contributed by atoms with Crippen LogP contribution in [0.5, 0.6) is 0 Å². The molecule has 0 unspecified atom stereocenters. The van der Waals surface area contributed by atoms with Crippen molar-refractivity contribution in [2.45, 2.75) is 20.0 Å². The lowest BCUT2D eigenvalue weighted by molar-refractivity contribution is -0.117. The molecule has 6 heteroatoms. The molecule has 0 radical (unpaired) electrons. The summed E-state index contributed by atoms with van der Waals surface area (Å²) in [4.78, 5) is 14.3. The highest BCUT2D eigenvalue weighted by molar-refractivity contribution is 5.92. The predicted molar refractivity (Wildman–Crippen MR) is 91.3 cm³/mol. The van der Waals surface area contributed by atoms with Crippen molar-refractivity contribution in [2.24, 2.45) is 0 Å². The van der Waals surface area contributed by atoms with E-state index in [1.807, 2.05) is 24.0 Å². The van der Waals surface area contributed by atoms with Gasteiger partial charge in [0, 0.05) is 5.69 Å². The van der Waals surface area contributed by atoms with Crippen LogP contribution in [0.4, 0.5) is 10.1 Å². The number of benzene rings is 1. The van der Waals surface area contributed by atoms with Crippen molar-refractivity contribution < 1.29 is 18.0 Å². The molecule has 25 heavy (non-hydrogen) atoms. The largest absolute Gasteiger partial charge is 0.468 e. The van der Waals surface area contributed by atoms with Crippen LogP contribution in [0.15, 0.2) is 63.8 Å². The highest BCUT2D eigenvalue weighted by Crippen LogP contribution is 2.17. The number of rotatable bonds is 7. The van der Waals surface area contributed by atoms with Gasteiger partial charge in [0.2, 0.25) is 5.91 Å². The van der Waals surface area contributed by atoms with E-state index < -0.39 is 0 Å². The van der Waals surface area contributed by atoms with Crippen LogP contribution in [0.2, 0.25) is 0 Å². The standard InChI is InChI=1S/C19H19FN2O3/c1-14-6-7-15(20)10-18(14)21-19(23)13-22(11-16-4-2-8-24-16)12-17-5-3-9-25-17/h2-10H,11-13H2,1H3,(H,21,23). The number of anilines is 1. The van der Waals surface area contributed by atoms with Gasteiger partial charge in [0.15, 0.2) is 0 Å². The van der Waals surface area contributed by atoms with Crippen molar-refractivity contribution in [3.05, 3.63) is 77.9 Å². The monoisotopic (exact) mass is 342 g/mol. The van der Waals surface area contributed by atoms with Gasteiger partial charge in [-0.25, -0.2) is 4.39 Å². The molecule has 1 N–H and O–H groups in total. The lowest BCUT2D eigenvalue weighted by Gasteiger charge is -2.20. The highest BCUT2D eigenvalue weighted by Gasteiger charge is 2.15. The molecule has 2 heterocycles. The summed E-state index contributed by atoms with van der Waals surface area (Å²) < 4.78 is 24.1. The molecule has 3 rings (SSSR count). The number of aryl methyl sites for hydroxylation is 1. The Morgan fingerprint density at radius 1 is 1.08 bits per heavy atom. The van der Waals surface area contributed by atoms with Crippen LogP contribution in [0.25, 0.3) is 0 Å². The molecule has 0 fully saturated rings. The Morgan fingerprint density at radius 2 is 1.72 bits per heavy atom. The minimum absolute atomic E-state index is 0.122. The fraction of sp³-hybridized carbons (Fsp3) is 0.211. The quantitative estimate of drug-likeness (QED) is 0.706. The van der Waals surface area contributed by atoms with E-state index in [9.17, 15) is 9.18 Å². The normalized spacial score (nSPS) is 11.0. The summed E-state index contributed by atoms with van der Waals surface area (Å²) in [5.74, 6) is 0.887. The zero-order valence-corrected chi connectivity index (χ0v) is 13.9. The molecule has 130 valence electrons. The Balaban J connectivity index is 1.67. The summed E-state index contributed by atoms with van der Waals surface area (Å²) in [5, 5.41) is 2.76. The maximum Gasteiger partial charge on any atom is 0.238 e. The van der Waals surface area contributed by atoms with Crippen LogP contribution < -0.4 is 5.32 Å². The number of amides is 1. The molecular formula is C19H19FN2O3. The number of halogens is 1. The maximum atomic E-state index is 13.4. The molecule has 0 saturated carbocycles. The van der Waals surface area contributed by atoms with Crippen molar-refractivity contribution in [1.82, 2.24) is 4.90 Å². The van der Waals surface area contributed by atoms with E-state index in [0.29, 0.717) is 18.8 Å². The number of carbonyl (C=O) groups is 1. The number of hydrogen-bond acceptors (Lipinski definition) is 4. The van der Waals surface area contributed by atoms with Gasteiger partial charge in [-0.15, -0.1) is 0 Å². The Labute approximate surface area is 145 Å². The van der Waals surface area contributed by atoms with Crippen LogP contribution in [0.1, 0.15) is 17.1 Å². The van der Waals surface area contributed by atoms with Crippen molar-refractivity contribution in [3.63, 3.8) is 0 Å². The fourth-order valence-electron chi connectivity index (χ4n) is 2.54. The van der Waals surface area contributed by atoms with E-state index >= 15 is 0 Å². The third kappa shape index (κ3) is 4.81. The summed E-state index contributed by atoms with van der Waals surface area (Å²) in [7, 11) is 0.